The molecule has 3 aromatic rings. The van der Waals surface area contributed by atoms with Crippen molar-refractivity contribution >= 4 is 39.4 Å². The van der Waals surface area contributed by atoms with Gasteiger partial charge in [-0.1, -0.05) is 11.7 Å². The number of hydrogen-bond acceptors (Lipinski definition) is 10. The van der Waals surface area contributed by atoms with Gasteiger partial charge in [0.05, 0.1) is 17.0 Å². The van der Waals surface area contributed by atoms with Crippen molar-refractivity contribution in [2.24, 2.45) is 0 Å². The standard InChI is InChI=1S/C28H33N9O2S/c1-4-22(38)37-14-12-35(13-15-37)18-16-19(32-21(17-18)36-10-8-31-9-11-36)26-33-27(39-34-26)28(2)7-5-6-20-23(28)24(30-3)25(29)40-20/h4,16-17,31H,1,5-15,29H2,2H3. The molecule has 0 aromatic carbocycles. The van der Waals surface area contributed by atoms with Gasteiger partial charge in [0.25, 0.3) is 0 Å². The van der Waals surface area contributed by atoms with E-state index in [1.165, 1.54) is 17.4 Å². The van der Waals surface area contributed by atoms with Crippen LogP contribution in [-0.4, -0.2) is 78.3 Å². The van der Waals surface area contributed by atoms with E-state index < -0.39 is 5.41 Å². The summed E-state index contributed by atoms with van der Waals surface area (Å²) in [5.41, 5.74) is 8.74. The first-order chi connectivity index (χ1) is 19.4. The molecule has 1 atom stereocenters. The highest BCUT2D eigenvalue weighted by Crippen LogP contribution is 2.52. The van der Waals surface area contributed by atoms with E-state index in [9.17, 15) is 4.79 Å². The molecule has 0 radical (unpaired) electrons. The Morgan fingerprint density at radius 3 is 2.70 bits per heavy atom. The lowest BCUT2D eigenvalue weighted by molar-refractivity contribution is -0.126. The van der Waals surface area contributed by atoms with E-state index in [4.69, 9.17) is 26.8 Å². The molecule has 6 rings (SSSR count). The quantitative estimate of drug-likeness (QED) is 0.359. The molecule has 3 N–H and O–H groups in total. The second-order valence-corrected chi connectivity index (χ2v) is 11.8. The van der Waals surface area contributed by atoms with Crippen molar-refractivity contribution in [2.45, 2.75) is 31.6 Å². The van der Waals surface area contributed by atoms with Gasteiger partial charge < -0.3 is 30.3 Å². The molecule has 2 fully saturated rings. The zero-order chi connectivity index (χ0) is 27.9. The summed E-state index contributed by atoms with van der Waals surface area (Å²) in [5.74, 6) is 1.74. The van der Waals surface area contributed by atoms with Crippen LogP contribution in [0.25, 0.3) is 16.4 Å². The highest BCUT2D eigenvalue weighted by Gasteiger charge is 2.43. The second kappa shape index (κ2) is 10.6. The van der Waals surface area contributed by atoms with Crippen LogP contribution in [0.1, 0.15) is 36.1 Å². The van der Waals surface area contributed by atoms with Gasteiger partial charge in [-0.15, -0.1) is 11.3 Å². The first kappa shape index (κ1) is 26.3. The number of carbonyl (C=O) groups is 1. The minimum atomic E-state index is -0.583. The van der Waals surface area contributed by atoms with Crippen LogP contribution in [0.4, 0.5) is 22.2 Å². The number of rotatable bonds is 5. The summed E-state index contributed by atoms with van der Waals surface area (Å²) in [5, 5.41) is 8.35. The van der Waals surface area contributed by atoms with Crippen molar-refractivity contribution < 1.29 is 9.32 Å². The van der Waals surface area contributed by atoms with Gasteiger partial charge in [-0.05, 0) is 48.8 Å². The minimum Gasteiger partial charge on any atom is -0.399 e. The Bertz CT molecular complexity index is 1480. The molecule has 1 unspecified atom stereocenters. The third-order valence-corrected chi connectivity index (χ3v) is 9.29. The first-order valence-electron chi connectivity index (χ1n) is 13.7. The highest BCUT2D eigenvalue weighted by atomic mass is 32.1. The summed E-state index contributed by atoms with van der Waals surface area (Å²) >= 11 is 1.50. The topological polar surface area (TPSA) is 121 Å². The van der Waals surface area contributed by atoms with Gasteiger partial charge in [-0.3, -0.25) is 4.79 Å². The Hall–Kier alpha value is -3.95. The average Bonchev–Trinajstić information content (AvgIpc) is 3.63. The Balaban J connectivity index is 1.36. The van der Waals surface area contributed by atoms with Crippen LogP contribution in [0.5, 0.6) is 0 Å². The summed E-state index contributed by atoms with van der Waals surface area (Å²) in [6, 6.07) is 4.12. The number of nitrogen functional groups attached to an aromatic ring is 1. The normalized spacial score (nSPS) is 21.1. The number of aryl methyl sites for hydroxylation is 1. The third-order valence-electron chi connectivity index (χ3n) is 8.22. The van der Waals surface area contributed by atoms with Crippen molar-refractivity contribution in [2.75, 3.05) is 67.9 Å². The molecule has 40 heavy (non-hydrogen) atoms. The van der Waals surface area contributed by atoms with E-state index in [0.29, 0.717) is 54.3 Å². The summed E-state index contributed by atoms with van der Waals surface area (Å²) in [6.07, 6.45) is 4.03. The fourth-order valence-electron chi connectivity index (χ4n) is 6.01. The molecule has 208 valence electrons. The van der Waals surface area contributed by atoms with Gasteiger partial charge in [-0.25, -0.2) is 9.83 Å². The number of nitrogens with one attached hydrogen (secondary N) is 1. The van der Waals surface area contributed by atoms with Gasteiger partial charge in [0, 0.05) is 64.1 Å². The molecule has 0 spiro atoms. The largest absolute Gasteiger partial charge is 0.399 e. The van der Waals surface area contributed by atoms with Crippen LogP contribution in [0.2, 0.25) is 0 Å². The fourth-order valence-corrected chi connectivity index (χ4v) is 7.19. The highest BCUT2D eigenvalue weighted by molar-refractivity contribution is 7.16. The van der Waals surface area contributed by atoms with E-state index in [1.54, 1.807) is 0 Å². The molecule has 3 aliphatic rings. The van der Waals surface area contributed by atoms with E-state index in [-0.39, 0.29) is 5.91 Å². The Morgan fingerprint density at radius 2 is 1.98 bits per heavy atom. The van der Waals surface area contributed by atoms with Crippen molar-refractivity contribution in [3.8, 4) is 11.5 Å². The number of carbonyl (C=O) groups excluding carboxylic acids is 1. The first-order valence-corrected chi connectivity index (χ1v) is 14.5. The van der Waals surface area contributed by atoms with Crippen molar-refractivity contribution in [1.82, 2.24) is 25.3 Å². The van der Waals surface area contributed by atoms with Gasteiger partial charge in [-0.2, -0.15) is 4.98 Å². The second-order valence-electron chi connectivity index (χ2n) is 10.7. The molecule has 0 bridgehead atoms. The molecular weight excluding hydrogens is 526 g/mol. The van der Waals surface area contributed by atoms with Gasteiger partial charge in [0.2, 0.25) is 23.3 Å². The lowest BCUT2D eigenvalue weighted by Crippen LogP contribution is -2.48. The van der Waals surface area contributed by atoms with E-state index in [2.05, 4.69) is 44.7 Å². The number of thiophene rings is 1. The van der Waals surface area contributed by atoms with Crippen molar-refractivity contribution in [1.29, 1.82) is 0 Å². The minimum absolute atomic E-state index is 0.0379. The Kier molecular flexibility index (Phi) is 6.93. The molecule has 1 aliphatic carbocycles. The van der Waals surface area contributed by atoms with Crippen LogP contribution in [0.15, 0.2) is 29.3 Å². The van der Waals surface area contributed by atoms with Gasteiger partial charge in [0.15, 0.2) is 0 Å². The van der Waals surface area contributed by atoms with Crippen LogP contribution in [0.3, 0.4) is 0 Å². The lowest BCUT2D eigenvalue weighted by atomic mass is 9.73. The molecule has 11 nitrogen and oxygen atoms in total. The summed E-state index contributed by atoms with van der Waals surface area (Å²) in [4.78, 5) is 33.2. The molecule has 3 aromatic heterocycles. The van der Waals surface area contributed by atoms with E-state index in [0.717, 1.165) is 67.4 Å². The lowest BCUT2D eigenvalue weighted by Gasteiger charge is -2.36. The Morgan fingerprint density at radius 1 is 1.20 bits per heavy atom. The monoisotopic (exact) mass is 559 g/mol. The smallest absolute Gasteiger partial charge is 0.246 e. The predicted molar refractivity (Wildman–Crippen MR) is 156 cm³/mol. The summed E-state index contributed by atoms with van der Waals surface area (Å²) < 4.78 is 5.92. The number of piperazine rings is 2. The fraction of sp³-hybridized carbons (Fsp3) is 0.464. The number of hydrogen-bond donors (Lipinski definition) is 2. The SMILES string of the molecule is [C-]#[N+]c1c(N)sc2c1C(C)(c1nc(-c3cc(N4CCN(C(=O)C=C)CC4)cc(N4CCNCC4)n3)no1)CCC2. The van der Waals surface area contributed by atoms with E-state index >= 15 is 0 Å². The Labute approximate surface area is 237 Å². The van der Waals surface area contributed by atoms with E-state index in [1.807, 2.05) is 11.0 Å². The summed E-state index contributed by atoms with van der Waals surface area (Å²) in [7, 11) is 0. The predicted octanol–water partition coefficient (Wildman–Crippen LogP) is 3.21. The average molecular weight is 560 g/mol. The number of nitrogens with two attached hydrogens (primary N) is 1. The molecular formula is C28H33N9O2S. The zero-order valence-electron chi connectivity index (χ0n) is 22.6. The molecule has 2 saturated heterocycles. The number of anilines is 3. The number of aromatic nitrogens is 3. The van der Waals surface area contributed by atoms with Crippen molar-refractivity contribution in [3.63, 3.8) is 0 Å². The maximum absolute atomic E-state index is 12.1. The van der Waals surface area contributed by atoms with Crippen molar-refractivity contribution in [3.05, 3.63) is 52.5 Å². The number of pyridine rings is 1. The van der Waals surface area contributed by atoms with Gasteiger partial charge >= 0.3 is 0 Å². The third kappa shape index (κ3) is 4.59. The van der Waals surface area contributed by atoms with Crippen LogP contribution in [-0.2, 0) is 16.6 Å². The zero-order valence-corrected chi connectivity index (χ0v) is 23.5. The number of nitrogens with zero attached hydrogens (tertiary/aromatic N) is 7. The van der Waals surface area contributed by atoms with Gasteiger partial charge in [0.1, 0.15) is 11.5 Å². The van der Waals surface area contributed by atoms with Crippen LogP contribution in [0, 0.1) is 6.57 Å². The molecule has 12 heteroatoms. The molecule has 2 aliphatic heterocycles. The molecule has 0 saturated carbocycles. The maximum Gasteiger partial charge on any atom is 0.246 e. The van der Waals surface area contributed by atoms with Crippen LogP contribution >= 0.6 is 11.3 Å². The van der Waals surface area contributed by atoms with Crippen LogP contribution < -0.4 is 20.9 Å². The maximum atomic E-state index is 12.1. The molecule has 5 heterocycles. The number of fused-ring (bicyclic) bond motifs is 1. The number of amides is 1. The summed E-state index contributed by atoms with van der Waals surface area (Å²) in [6.45, 7) is 19.6. The molecule has 1 amide bonds.